The van der Waals surface area contributed by atoms with Crippen LogP contribution in [0.5, 0.6) is 0 Å². The lowest BCUT2D eigenvalue weighted by atomic mass is 9.71. The Morgan fingerprint density at radius 1 is 1.12 bits per heavy atom. The van der Waals surface area contributed by atoms with Crippen molar-refractivity contribution in [2.75, 3.05) is 44.3 Å². The van der Waals surface area contributed by atoms with Gasteiger partial charge in [-0.05, 0) is 38.0 Å². The van der Waals surface area contributed by atoms with Gasteiger partial charge >= 0.3 is 0 Å². The molecule has 0 aromatic carbocycles. The highest BCUT2D eigenvalue weighted by Gasteiger charge is 2.46. The van der Waals surface area contributed by atoms with Crippen molar-refractivity contribution in [2.24, 2.45) is 5.41 Å². The molecule has 1 aliphatic carbocycles. The Balaban J connectivity index is 1.71. The van der Waals surface area contributed by atoms with Crippen LogP contribution in [-0.2, 0) is 9.84 Å². The molecular weight excluding hydrogens is 336 g/mol. The highest BCUT2D eigenvalue weighted by atomic mass is 32.2. The second-order valence-corrected chi connectivity index (χ2v) is 10.9. The molecule has 1 N–H and O–H groups in total. The van der Waals surface area contributed by atoms with Gasteiger partial charge in [-0.15, -0.1) is 0 Å². The largest absolute Gasteiger partial charge is 0.395 e. The topological polar surface area (TPSA) is 60.9 Å². The number of sulfone groups is 1. The standard InChI is InChI=1S/C19H34N2O3S/c1-15-5-4-7-19(2,3)16(15)6-8-20-9-10-21(11-12-22)18-14-25(23,24)13-17(18)20/h17-18,22H,4-14H2,1-3H3/t17-,18+/m0/s1. The number of β-amino-alcohol motifs (C(OH)–C–C–N with tert-alkyl or cyclic N) is 1. The van der Waals surface area contributed by atoms with Crippen molar-refractivity contribution in [3.63, 3.8) is 0 Å². The van der Waals surface area contributed by atoms with E-state index in [0.717, 1.165) is 26.1 Å². The van der Waals surface area contributed by atoms with Crippen LogP contribution in [0.4, 0.5) is 0 Å². The van der Waals surface area contributed by atoms with Gasteiger partial charge in [0.05, 0.1) is 18.1 Å². The van der Waals surface area contributed by atoms with Gasteiger partial charge in [0.15, 0.2) is 9.84 Å². The second kappa shape index (κ2) is 7.29. The maximum absolute atomic E-state index is 12.2. The number of piperazine rings is 1. The van der Waals surface area contributed by atoms with Gasteiger partial charge in [-0.2, -0.15) is 0 Å². The molecule has 0 aromatic rings. The van der Waals surface area contributed by atoms with Gasteiger partial charge < -0.3 is 5.11 Å². The van der Waals surface area contributed by atoms with Crippen molar-refractivity contribution >= 4 is 9.84 Å². The van der Waals surface area contributed by atoms with E-state index in [-0.39, 0.29) is 35.6 Å². The van der Waals surface area contributed by atoms with Gasteiger partial charge in [0.2, 0.25) is 0 Å². The highest BCUT2D eigenvalue weighted by Crippen LogP contribution is 2.42. The van der Waals surface area contributed by atoms with E-state index in [0.29, 0.717) is 6.54 Å². The van der Waals surface area contributed by atoms with E-state index < -0.39 is 9.84 Å². The molecule has 2 atom stereocenters. The fraction of sp³-hybridized carbons (Fsp3) is 0.895. The molecule has 0 bridgehead atoms. The maximum atomic E-state index is 12.2. The lowest BCUT2D eigenvalue weighted by molar-refractivity contribution is 0.0351. The molecule has 2 aliphatic heterocycles. The molecule has 0 aromatic heterocycles. The molecule has 0 radical (unpaired) electrons. The van der Waals surface area contributed by atoms with Gasteiger partial charge in [0, 0.05) is 38.3 Å². The summed E-state index contributed by atoms with van der Waals surface area (Å²) in [6.45, 7) is 10.4. The second-order valence-electron chi connectivity index (χ2n) is 8.75. The van der Waals surface area contributed by atoms with E-state index in [9.17, 15) is 13.5 Å². The minimum absolute atomic E-state index is 0.0559. The Morgan fingerprint density at radius 3 is 2.28 bits per heavy atom. The number of hydrogen-bond acceptors (Lipinski definition) is 5. The van der Waals surface area contributed by atoms with Crippen molar-refractivity contribution < 1.29 is 13.5 Å². The predicted molar refractivity (Wildman–Crippen MR) is 101 cm³/mol. The molecular formula is C19H34N2O3S. The summed E-state index contributed by atoms with van der Waals surface area (Å²) in [5.41, 5.74) is 3.42. The van der Waals surface area contributed by atoms with Crippen LogP contribution in [0, 0.1) is 5.41 Å². The van der Waals surface area contributed by atoms with Crippen molar-refractivity contribution in [1.82, 2.24) is 9.80 Å². The first-order chi connectivity index (χ1) is 11.7. The third-order valence-electron chi connectivity index (χ3n) is 6.63. The smallest absolute Gasteiger partial charge is 0.153 e. The summed E-state index contributed by atoms with van der Waals surface area (Å²) < 4.78 is 24.5. The Kier molecular flexibility index (Phi) is 5.64. The molecule has 6 heteroatoms. The average Bonchev–Trinajstić information content (AvgIpc) is 2.84. The molecule has 3 rings (SSSR count). The number of nitrogens with zero attached hydrogens (tertiary/aromatic N) is 2. The highest BCUT2D eigenvalue weighted by molar-refractivity contribution is 7.91. The number of aliphatic hydroxyl groups is 1. The molecule has 2 saturated heterocycles. The number of aliphatic hydroxyl groups excluding tert-OH is 1. The van der Waals surface area contributed by atoms with Gasteiger partial charge in [0.1, 0.15) is 0 Å². The van der Waals surface area contributed by atoms with Crippen LogP contribution >= 0.6 is 0 Å². The molecule has 0 amide bonds. The van der Waals surface area contributed by atoms with E-state index in [4.69, 9.17) is 0 Å². The van der Waals surface area contributed by atoms with E-state index >= 15 is 0 Å². The van der Waals surface area contributed by atoms with Gasteiger partial charge in [0.25, 0.3) is 0 Å². The first kappa shape index (κ1) is 19.3. The number of rotatable bonds is 5. The summed E-state index contributed by atoms with van der Waals surface area (Å²) in [5.74, 6) is 0.530. The van der Waals surface area contributed by atoms with E-state index in [1.54, 1.807) is 11.1 Å². The lowest BCUT2D eigenvalue weighted by Crippen LogP contribution is -2.59. The summed E-state index contributed by atoms with van der Waals surface area (Å²) in [6, 6.07) is 0.151. The van der Waals surface area contributed by atoms with E-state index in [1.165, 1.54) is 19.3 Å². The maximum Gasteiger partial charge on any atom is 0.153 e. The zero-order valence-corrected chi connectivity index (χ0v) is 16.8. The molecule has 2 heterocycles. The molecule has 5 nitrogen and oxygen atoms in total. The van der Waals surface area contributed by atoms with Crippen LogP contribution in [-0.4, -0.2) is 79.7 Å². The SMILES string of the molecule is CC1=C(CCN2CCN(CCO)[C@@H]3CS(=O)(=O)C[C@@H]32)C(C)(C)CCC1. The fourth-order valence-electron chi connectivity index (χ4n) is 5.26. The number of hydrogen-bond donors (Lipinski definition) is 1. The predicted octanol–water partition coefficient (Wildman–Crippen LogP) is 1.68. The Hall–Kier alpha value is -0.430. The van der Waals surface area contributed by atoms with E-state index in [1.807, 2.05) is 0 Å². The molecule has 0 spiro atoms. The first-order valence-corrected chi connectivity index (χ1v) is 11.5. The number of fused-ring (bicyclic) bond motifs is 1. The monoisotopic (exact) mass is 370 g/mol. The summed E-state index contributed by atoms with van der Waals surface area (Å²) in [7, 11) is -2.97. The van der Waals surface area contributed by atoms with Crippen LogP contribution in [0.1, 0.15) is 46.5 Å². The van der Waals surface area contributed by atoms with Crippen molar-refractivity contribution in [1.29, 1.82) is 0 Å². The molecule has 0 unspecified atom stereocenters. The van der Waals surface area contributed by atoms with Crippen molar-refractivity contribution in [3.05, 3.63) is 11.1 Å². The molecule has 25 heavy (non-hydrogen) atoms. The van der Waals surface area contributed by atoms with Gasteiger partial charge in [-0.25, -0.2) is 8.42 Å². The van der Waals surface area contributed by atoms with E-state index in [2.05, 4.69) is 30.6 Å². The third-order valence-corrected chi connectivity index (χ3v) is 8.33. The quantitative estimate of drug-likeness (QED) is 0.746. The minimum atomic E-state index is -2.97. The Bertz CT molecular complexity index is 627. The van der Waals surface area contributed by atoms with Gasteiger partial charge in [-0.3, -0.25) is 9.80 Å². The normalized spacial score (nSPS) is 32.8. The Morgan fingerprint density at radius 2 is 1.72 bits per heavy atom. The zero-order valence-electron chi connectivity index (χ0n) is 16.0. The zero-order chi connectivity index (χ0) is 18.2. The lowest BCUT2D eigenvalue weighted by Gasteiger charge is -2.44. The van der Waals surface area contributed by atoms with Crippen LogP contribution < -0.4 is 0 Å². The summed E-state index contributed by atoms with van der Waals surface area (Å²) >= 11 is 0. The summed E-state index contributed by atoms with van der Waals surface area (Å²) in [4.78, 5) is 4.59. The van der Waals surface area contributed by atoms with Crippen LogP contribution in [0.25, 0.3) is 0 Å². The molecule has 2 fully saturated rings. The molecule has 144 valence electrons. The average molecular weight is 371 g/mol. The fourth-order valence-corrected chi connectivity index (χ4v) is 7.31. The number of allylic oxidation sites excluding steroid dienone is 1. The molecule has 0 saturated carbocycles. The summed E-state index contributed by atoms with van der Waals surface area (Å²) in [6.07, 6.45) is 4.81. The van der Waals surface area contributed by atoms with Crippen LogP contribution in [0.2, 0.25) is 0 Å². The minimum Gasteiger partial charge on any atom is -0.395 e. The van der Waals surface area contributed by atoms with Crippen molar-refractivity contribution in [3.8, 4) is 0 Å². The van der Waals surface area contributed by atoms with Gasteiger partial charge in [-0.1, -0.05) is 25.0 Å². The van der Waals surface area contributed by atoms with Crippen LogP contribution in [0.3, 0.4) is 0 Å². The first-order valence-electron chi connectivity index (χ1n) is 9.72. The van der Waals surface area contributed by atoms with Crippen LogP contribution in [0.15, 0.2) is 11.1 Å². The Labute approximate surface area is 153 Å². The summed E-state index contributed by atoms with van der Waals surface area (Å²) in [5, 5.41) is 9.28. The third kappa shape index (κ3) is 4.12. The molecule has 3 aliphatic rings. The van der Waals surface area contributed by atoms with Crippen molar-refractivity contribution in [2.45, 2.75) is 58.5 Å².